The number of carbonyl (C=O) groups is 1. The second-order valence-electron chi connectivity index (χ2n) is 7.66. The van der Waals surface area contributed by atoms with Gasteiger partial charge in [-0.2, -0.15) is 10.4 Å². The summed E-state index contributed by atoms with van der Waals surface area (Å²) in [6.45, 7) is 1.67. The normalized spacial score (nSPS) is 16.6. The van der Waals surface area contributed by atoms with Gasteiger partial charge in [0.15, 0.2) is 5.82 Å². The maximum absolute atomic E-state index is 13.0. The third-order valence-corrected chi connectivity index (χ3v) is 5.92. The minimum atomic E-state index is -0.556. The molecule has 0 radical (unpaired) electrons. The summed E-state index contributed by atoms with van der Waals surface area (Å²) in [4.78, 5) is 16.9. The summed E-state index contributed by atoms with van der Waals surface area (Å²) in [7, 11) is 3.64. The first-order valence-electron chi connectivity index (χ1n) is 10.1. The molecular weight excluding hydrogens is 426 g/mol. The summed E-state index contributed by atoms with van der Waals surface area (Å²) in [5, 5.41) is 32.9. The number of anilines is 3. The van der Waals surface area contributed by atoms with E-state index in [0.717, 1.165) is 30.9 Å². The van der Waals surface area contributed by atoms with E-state index in [-0.39, 0.29) is 11.9 Å². The summed E-state index contributed by atoms with van der Waals surface area (Å²) in [5.74, 6) is 0.625. The topological polar surface area (TPSA) is 123 Å². The number of amides is 1. The van der Waals surface area contributed by atoms with E-state index in [4.69, 9.17) is 5.26 Å². The van der Waals surface area contributed by atoms with E-state index in [9.17, 15) is 4.79 Å². The van der Waals surface area contributed by atoms with Gasteiger partial charge in [0.25, 0.3) is 0 Å². The highest BCUT2D eigenvalue weighted by Crippen LogP contribution is 2.26. The number of nitriles is 1. The predicted octanol–water partition coefficient (Wildman–Crippen LogP) is 2.13. The molecule has 164 valence electrons. The molecule has 1 aromatic carbocycles. The van der Waals surface area contributed by atoms with E-state index >= 15 is 0 Å². The fraction of sp³-hybridized carbons (Fsp3) is 0.333. The van der Waals surface area contributed by atoms with Crippen molar-refractivity contribution in [2.75, 3.05) is 42.7 Å². The Morgan fingerprint density at radius 1 is 1.25 bits per heavy atom. The van der Waals surface area contributed by atoms with Gasteiger partial charge in [0, 0.05) is 25.3 Å². The number of nitrogens with one attached hydrogen (secondary N) is 2. The van der Waals surface area contributed by atoms with Gasteiger partial charge >= 0.3 is 0 Å². The van der Waals surface area contributed by atoms with E-state index in [1.165, 1.54) is 11.3 Å². The molecule has 32 heavy (non-hydrogen) atoms. The van der Waals surface area contributed by atoms with Gasteiger partial charge in [0.05, 0.1) is 11.6 Å². The van der Waals surface area contributed by atoms with E-state index < -0.39 is 6.04 Å². The Kier molecular flexibility index (Phi) is 6.53. The molecule has 2 atom stereocenters. The molecule has 1 aliphatic heterocycles. The van der Waals surface area contributed by atoms with Crippen LogP contribution >= 0.6 is 11.3 Å². The maximum atomic E-state index is 13.0. The fourth-order valence-corrected chi connectivity index (χ4v) is 4.41. The zero-order valence-electron chi connectivity index (χ0n) is 17.8. The first-order chi connectivity index (χ1) is 15.5. The molecule has 1 fully saturated rings. The Balaban J connectivity index is 1.38. The second kappa shape index (κ2) is 9.67. The van der Waals surface area contributed by atoms with Gasteiger partial charge in [-0.15, -0.1) is 15.3 Å². The molecule has 2 N–H and O–H groups in total. The zero-order chi connectivity index (χ0) is 22.5. The highest BCUT2D eigenvalue weighted by molar-refractivity contribution is 7.19. The Labute approximate surface area is 189 Å². The molecule has 1 amide bonds. The molecule has 0 saturated carbocycles. The van der Waals surface area contributed by atoms with Crippen molar-refractivity contribution in [2.24, 2.45) is 0 Å². The lowest BCUT2D eigenvalue weighted by Gasteiger charge is -2.23. The number of rotatable bonds is 7. The van der Waals surface area contributed by atoms with Gasteiger partial charge in [0.1, 0.15) is 6.04 Å². The smallest absolute Gasteiger partial charge is 0.248 e. The molecule has 3 aromatic rings. The average Bonchev–Trinajstić information content (AvgIpc) is 3.44. The van der Waals surface area contributed by atoms with Crippen LogP contribution in [0.4, 0.5) is 16.1 Å². The van der Waals surface area contributed by atoms with Crippen LogP contribution in [0, 0.1) is 11.3 Å². The second-order valence-corrected chi connectivity index (χ2v) is 8.64. The quantitative estimate of drug-likeness (QED) is 0.558. The number of benzene rings is 1. The molecule has 2 aromatic heterocycles. The van der Waals surface area contributed by atoms with Gasteiger partial charge in [0.2, 0.25) is 16.2 Å². The van der Waals surface area contributed by atoms with E-state index in [1.54, 1.807) is 29.3 Å². The Bertz CT molecular complexity index is 1110. The van der Waals surface area contributed by atoms with Crippen LogP contribution in [0.5, 0.6) is 0 Å². The third-order valence-electron chi connectivity index (χ3n) is 5.15. The van der Waals surface area contributed by atoms with Gasteiger partial charge in [-0.25, -0.2) is 0 Å². The van der Waals surface area contributed by atoms with Crippen LogP contribution in [-0.2, 0) is 4.79 Å². The fourth-order valence-electron chi connectivity index (χ4n) is 3.69. The molecule has 1 unspecified atom stereocenters. The van der Waals surface area contributed by atoms with Gasteiger partial charge in [-0.3, -0.25) is 15.0 Å². The van der Waals surface area contributed by atoms with E-state index in [1.807, 2.05) is 32.3 Å². The number of hydrogen-bond acceptors (Lipinski definition) is 10. The Morgan fingerprint density at radius 3 is 2.84 bits per heavy atom. The highest BCUT2D eigenvalue weighted by atomic mass is 32.1. The largest absolute Gasteiger partial charge is 0.355 e. The zero-order valence-corrected chi connectivity index (χ0v) is 18.6. The summed E-state index contributed by atoms with van der Waals surface area (Å²) >= 11 is 1.29. The van der Waals surface area contributed by atoms with Gasteiger partial charge in [-0.05, 0) is 50.3 Å². The van der Waals surface area contributed by atoms with Crippen molar-refractivity contribution in [2.45, 2.75) is 18.5 Å². The number of carbonyl (C=O) groups excluding carboxylic acids is 1. The SMILES string of the molecule is CN(C)C(C(=O)Nc1nnc(N[C@@H]2CCN(c3cccnn3)C2)s1)c1cccc(C#N)c1. The first kappa shape index (κ1) is 21.6. The van der Waals surface area contributed by atoms with Crippen LogP contribution in [0.15, 0.2) is 42.6 Å². The number of aromatic nitrogens is 4. The van der Waals surface area contributed by atoms with Crippen molar-refractivity contribution >= 4 is 33.3 Å². The van der Waals surface area contributed by atoms with Crippen molar-refractivity contribution in [1.29, 1.82) is 5.26 Å². The van der Waals surface area contributed by atoms with Crippen LogP contribution in [0.3, 0.4) is 0 Å². The monoisotopic (exact) mass is 449 g/mol. The van der Waals surface area contributed by atoms with Gasteiger partial charge < -0.3 is 10.2 Å². The first-order valence-corrected chi connectivity index (χ1v) is 10.9. The minimum Gasteiger partial charge on any atom is -0.355 e. The van der Waals surface area contributed by atoms with E-state index in [0.29, 0.717) is 15.8 Å². The molecular formula is C21H23N9OS. The van der Waals surface area contributed by atoms with Crippen molar-refractivity contribution in [3.8, 4) is 6.07 Å². The van der Waals surface area contributed by atoms with Crippen LogP contribution < -0.4 is 15.5 Å². The third kappa shape index (κ3) is 4.99. The summed E-state index contributed by atoms with van der Waals surface area (Å²) in [6.07, 6.45) is 2.60. The summed E-state index contributed by atoms with van der Waals surface area (Å²) in [6, 6.07) is 12.6. The van der Waals surface area contributed by atoms with Gasteiger partial charge in [-0.1, -0.05) is 23.5 Å². The molecule has 0 bridgehead atoms. The van der Waals surface area contributed by atoms with Crippen LogP contribution in [0.1, 0.15) is 23.6 Å². The lowest BCUT2D eigenvalue weighted by molar-refractivity contribution is -0.120. The lowest BCUT2D eigenvalue weighted by Crippen LogP contribution is -2.32. The lowest BCUT2D eigenvalue weighted by atomic mass is 10.0. The molecule has 1 aliphatic rings. The van der Waals surface area contributed by atoms with E-state index in [2.05, 4.69) is 42.0 Å². The van der Waals surface area contributed by atoms with Crippen LogP contribution in [0.25, 0.3) is 0 Å². The average molecular weight is 450 g/mol. The van der Waals surface area contributed by atoms with Crippen LogP contribution in [0.2, 0.25) is 0 Å². The molecule has 10 nitrogen and oxygen atoms in total. The highest BCUT2D eigenvalue weighted by Gasteiger charge is 2.26. The molecule has 3 heterocycles. The number of hydrogen-bond donors (Lipinski definition) is 2. The Hall–Kier alpha value is -3.62. The molecule has 0 spiro atoms. The summed E-state index contributed by atoms with van der Waals surface area (Å²) < 4.78 is 0. The predicted molar refractivity (Wildman–Crippen MR) is 122 cm³/mol. The minimum absolute atomic E-state index is 0.205. The van der Waals surface area contributed by atoms with Crippen molar-refractivity contribution < 1.29 is 4.79 Å². The standard InChI is InChI=1S/C21H23N9OS/c1-29(2)18(15-6-3-5-14(11-15)12-22)19(31)25-21-28-27-20(32-21)24-16-8-10-30(13-16)17-7-4-9-23-26-17/h3-7,9,11,16,18H,8,10,13H2,1-2H3,(H,24,27)(H,25,28,31)/t16-,18?/m1/s1. The molecule has 0 aliphatic carbocycles. The maximum Gasteiger partial charge on any atom is 0.248 e. The summed E-state index contributed by atoms with van der Waals surface area (Å²) in [5.41, 5.74) is 1.25. The van der Waals surface area contributed by atoms with Crippen molar-refractivity contribution in [3.63, 3.8) is 0 Å². The van der Waals surface area contributed by atoms with Crippen LogP contribution in [-0.4, -0.2) is 64.4 Å². The number of likely N-dealkylation sites (N-methyl/N-ethyl adjacent to an activating group) is 1. The van der Waals surface area contributed by atoms with Crippen molar-refractivity contribution in [1.82, 2.24) is 25.3 Å². The van der Waals surface area contributed by atoms with Crippen molar-refractivity contribution in [3.05, 3.63) is 53.7 Å². The molecule has 11 heteroatoms. The number of nitrogens with zero attached hydrogens (tertiary/aromatic N) is 7. The Morgan fingerprint density at radius 2 is 2.09 bits per heavy atom. The molecule has 4 rings (SSSR count). The molecule has 1 saturated heterocycles.